The first kappa shape index (κ1) is 20.5. The van der Waals surface area contributed by atoms with E-state index in [1.165, 1.54) is 0 Å². The number of hydrogen-bond acceptors (Lipinski definition) is 2. The molecular weight excluding hydrogens is 332 g/mol. The van der Waals surface area contributed by atoms with Gasteiger partial charge in [0.25, 0.3) is 0 Å². The van der Waals surface area contributed by atoms with Crippen molar-refractivity contribution in [2.45, 2.75) is 78.6 Å². The summed E-state index contributed by atoms with van der Waals surface area (Å²) in [6.45, 7) is 30.5. The molecular formula is C12H36N2Si4Ti. The number of rotatable bonds is 6. The molecule has 0 bridgehead atoms. The van der Waals surface area contributed by atoms with Gasteiger partial charge in [0, 0.05) is 0 Å². The average Bonchev–Trinajstić information content (AvgIpc) is 1.91. The zero-order valence-electron chi connectivity index (χ0n) is 15.4. The Labute approximate surface area is 136 Å². The van der Waals surface area contributed by atoms with Gasteiger partial charge in [-0.15, -0.1) is 0 Å². The van der Waals surface area contributed by atoms with Gasteiger partial charge < -0.3 is 0 Å². The maximum atomic E-state index is 3.07. The molecule has 0 saturated heterocycles. The summed E-state index contributed by atoms with van der Waals surface area (Å²) < 4.78 is 6.13. The molecule has 0 aliphatic rings. The van der Waals surface area contributed by atoms with Crippen LogP contribution in [0.15, 0.2) is 0 Å². The first-order valence-corrected chi connectivity index (χ1v) is 22.5. The Kier molecular flexibility index (Phi) is 6.82. The third kappa shape index (κ3) is 6.86. The zero-order valence-corrected chi connectivity index (χ0v) is 21.0. The topological polar surface area (TPSA) is 6.48 Å². The van der Waals surface area contributed by atoms with Crippen LogP contribution in [0.4, 0.5) is 0 Å². The van der Waals surface area contributed by atoms with E-state index in [0.717, 1.165) is 0 Å². The second kappa shape index (κ2) is 6.32. The van der Waals surface area contributed by atoms with E-state index in [1.54, 1.807) is 0 Å². The van der Waals surface area contributed by atoms with Crippen LogP contribution in [0.1, 0.15) is 0 Å². The van der Waals surface area contributed by atoms with Gasteiger partial charge in [-0.25, -0.2) is 0 Å². The zero-order chi connectivity index (χ0) is 15.9. The normalized spacial score (nSPS) is 15.3. The van der Waals surface area contributed by atoms with Crippen molar-refractivity contribution < 1.29 is 19.7 Å². The molecule has 0 fully saturated rings. The molecule has 0 amide bonds. The second-order valence-electron chi connectivity index (χ2n) is 9.45. The molecule has 2 nitrogen and oxygen atoms in total. The quantitative estimate of drug-likeness (QED) is 0.619. The van der Waals surface area contributed by atoms with Crippen molar-refractivity contribution in [3.63, 3.8) is 0 Å². The molecule has 0 aromatic heterocycles. The third-order valence-corrected chi connectivity index (χ3v) is 31.1. The molecule has 7 heteroatoms. The molecule has 0 rings (SSSR count). The summed E-state index contributed by atoms with van der Waals surface area (Å²) >= 11 is -0.114. The standard InChI is InChI=1S/2C6H18NSi2.Ti/c2*1-8(2,3)7-9(4,5)6;/h2*1-6H3;/q2*-1;+2. The Morgan fingerprint density at radius 3 is 0.684 bits per heavy atom. The minimum absolute atomic E-state index is 0.114. The number of nitrogens with zero attached hydrogens (tertiary/aromatic N) is 2. The van der Waals surface area contributed by atoms with Crippen molar-refractivity contribution in [2.75, 3.05) is 0 Å². The van der Waals surface area contributed by atoms with Crippen molar-refractivity contribution >= 4 is 32.9 Å². The minimum atomic E-state index is -1.19. The van der Waals surface area contributed by atoms with Crippen LogP contribution >= 0.6 is 0 Å². The van der Waals surface area contributed by atoms with Crippen LogP contribution in [-0.2, 0) is 19.7 Å². The van der Waals surface area contributed by atoms with Crippen molar-refractivity contribution in [2.24, 2.45) is 0 Å². The average molecular weight is 369 g/mol. The molecule has 0 saturated carbocycles. The fourth-order valence-corrected chi connectivity index (χ4v) is 29.2. The van der Waals surface area contributed by atoms with Crippen LogP contribution in [0, 0.1) is 0 Å². The first-order valence-electron chi connectivity index (χ1n) is 7.34. The van der Waals surface area contributed by atoms with E-state index in [4.69, 9.17) is 0 Å². The van der Waals surface area contributed by atoms with E-state index in [9.17, 15) is 0 Å². The Morgan fingerprint density at radius 1 is 0.421 bits per heavy atom. The number of hydrogen-bond donors (Lipinski definition) is 0. The van der Waals surface area contributed by atoms with Crippen LogP contribution in [0.2, 0.25) is 78.6 Å². The van der Waals surface area contributed by atoms with Gasteiger partial charge in [0.15, 0.2) is 0 Å². The molecule has 0 atom stereocenters. The molecule has 0 aliphatic heterocycles. The second-order valence-corrected chi connectivity index (χ2v) is 34.0. The van der Waals surface area contributed by atoms with E-state index < -0.39 is 32.9 Å². The van der Waals surface area contributed by atoms with Crippen LogP contribution < -0.4 is 0 Å². The van der Waals surface area contributed by atoms with Crippen molar-refractivity contribution in [1.82, 2.24) is 5.43 Å². The summed E-state index contributed by atoms with van der Waals surface area (Å²) in [6.07, 6.45) is 0. The fourth-order valence-electron chi connectivity index (χ4n) is 2.71. The molecule has 19 heavy (non-hydrogen) atoms. The van der Waals surface area contributed by atoms with Gasteiger partial charge in [-0.3, -0.25) is 0 Å². The van der Waals surface area contributed by atoms with Crippen molar-refractivity contribution in [1.29, 1.82) is 0 Å². The van der Waals surface area contributed by atoms with Crippen molar-refractivity contribution in [3.05, 3.63) is 0 Å². The Bertz CT molecular complexity index is 239. The summed E-state index contributed by atoms with van der Waals surface area (Å²) in [7, 11) is -4.76. The Balaban J connectivity index is 5.43. The fraction of sp³-hybridized carbons (Fsp3) is 1.00. The summed E-state index contributed by atoms with van der Waals surface area (Å²) in [4.78, 5) is 0. The molecule has 114 valence electrons. The van der Waals surface area contributed by atoms with Gasteiger partial charge in [-0.2, -0.15) is 0 Å². The summed E-state index contributed by atoms with van der Waals surface area (Å²) in [6, 6.07) is 0. The molecule has 0 N–H and O–H groups in total. The summed E-state index contributed by atoms with van der Waals surface area (Å²) in [5.74, 6) is 0. The van der Waals surface area contributed by atoms with Gasteiger partial charge in [0.2, 0.25) is 0 Å². The molecule has 0 unspecified atom stereocenters. The molecule has 0 aromatic rings. The predicted molar refractivity (Wildman–Crippen MR) is 97.1 cm³/mol. The first-order chi connectivity index (χ1) is 7.97. The van der Waals surface area contributed by atoms with E-state index in [-0.39, 0.29) is 19.7 Å². The van der Waals surface area contributed by atoms with Gasteiger partial charge in [-0.05, 0) is 0 Å². The van der Waals surface area contributed by atoms with Gasteiger partial charge in [0.1, 0.15) is 0 Å². The van der Waals surface area contributed by atoms with Crippen LogP contribution in [0.5, 0.6) is 0 Å². The SMILES string of the molecule is C[Si](C)(C)[N]([Ti][N]([Si](C)(C)C)[Si](C)(C)C)[Si](C)(C)C. The van der Waals surface area contributed by atoms with Gasteiger partial charge in [0.05, 0.1) is 0 Å². The molecule has 0 heterocycles. The molecule has 0 spiro atoms. The predicted octanol–water partition coefficient (Wildman–Crippen LogP) is 4.84. The van der Waals surface area contributed by atoms with E-state index >= 15 is 0 Å². The summed E-state index contributed by atoms with van der Waals surface area (Å²) in [5, 5.41) is 0. The van der Waals surface area contributed by atoms with Gasteiger partial charge in [-0.1, -0.05) is 0 Å². The molecule has 0 aromatic carbocycles. The Morgan fingerprint density at radius 2 is 0.579 bits per heavy atom. The van der Waals surface area contributed by atoms with Crippen molar-refractivity contribution in [3.8, 4) is 0 Å². The van der Waals surface area contributed by atoms with Crippen LogP contribution in [-0.4, -0.2) is 38.4 Å². The van der Waals surface area contributed by atoms with E-state index in [0.29, 0.717) is 0 Å². The third-order valence-electron chi connectivity index (χ3n) is 2.88. The molecule has 0 aliphatic carbocycles. The summed E-state index contributed by atoms with van der Waals surface area (Å²) in [5.41, 5.74) is 0. The monoisotopic (exact) mass is 368 g/mol. The van der Waals surface area contributed by atoms with Gasteiger partial charge >= 0.3 is 137 Å². The Hall–Kier alpha value is 1.50. The molecule has 0 radical (unpaired) electrons. The van der Waals surface area contributed by atoms with E-state index in [1.807, 2.05) is 0 Å². The van der Waals surface area contributed by atoms with Crippen LogP contribution in [0.3, 0.4) is 0 Å². The maximum absolute atomic E-state index is 3.07. The van der Waals surface area contributed by atoms with Crippen LogP contribution in [0.25, 0.3) is 0 Å². The van der Waals surface area contributed by atoms with E-state index in [2.05, 4.69) is 84.0 Å².